The fraction of sp³-hybridized carbons (Fsp3) is 0.967. The van der Waals surface area contributed by atoms with Gasteiger partial charge in [-0.1, -0.05) is 104 Å². The van der Waals surface area contributed by atoms with Crippen LogP contribution in [-0.4, -0.2) is 97.5 Å². The van der Waals surface area contributed by atoms with Crippen LogP contribution in [0.25, 0.3) is 0 Å². The first-order valence-electron chi connectivity index (χ1n) is 16.3. The Morgan fingerprint density at radius 1 is 0.791 bits per heavy atom. The molecule has 4 N–H and O–H groups in total. The zero-order valence-corrected chi connectivity index (χ0v) is 27.1. The Balaban J connectivity index is 2.39. The summed E-state index contributed by atoms with van der Waals surface area (Å²) in [6.07, 6.45) is 10.0. The first-order valence-corrected chi connectivity index (χ1v) is 17.7. The maximum Gasteiger partial charge on any atom is 0.397 e. The predicted octanol–water partition coefficient (Wildman–Crippen LogP) is 4.23. The molecule has 1 fully saturated rings. The summed E-state index contributed by atoms with van der Waals surface area (Å²) in [7, 11) is -5.04. The van der Waals surface area contributed by atoms with Gasteiger partial charge in [0.2, 0.25) is 0 Å². The zero-order chi connectivity index (χ0) is 31.9. The molecule has 0 aromatic heterocycles. The van der Waals surface area contributed by atoms with E-state index in [4.69, 9.17) is 23.5 Å². The van der Waals surface area contributed by atoms with Crippen LogP contribution in [0.15, 0.2) is 0 Å². The number of esters is 1. The topological polar surface area (TPSA) is 178 Å². The molecule has 1 aliphatic heterocycles. The molecule has 0 aromatic carbocycles. The van der Waals surface area contributed by atoms with E-state index in [0.29, 0.717) is 13.0 Å². The fourth-order valence-electron chi connectivity index (χ4n) is 4.94. The molecule has 6 unspecified atom stereocenters. The van der Waals surface area contributed by atoms with Gasteiger partial charge >= 0.3 is 16.4 Å². The molecular weight excluding hydrogens is 584 g/mol. The van der Waals surface area contributed by atoms with Gasteiger partial charge in [0.25, 0.3) is 0 Å². The normalized spacial score (nSPS) is 23.3. The Labute approximate surface area is 258 Å². The highest BCUT2D eigenvalue weighted by Gasteiger charge is 2.48. The SMILES string of the molecule is CCCCCCCCCCCCCCCCOCC(COC1OC(CO)C(O)C(OS(=O)(=O)O)C1O)OC(=O)CCCC. The van der Waals surface area contributed by atoms with Crippen molar-refractivity contribution in [2.45, 2.75) is 160 Å². The van der Waals surface area contributed by atoms with Gasteiger partial charge < -0.3 is 34.3 Å². The third kappa shape index (κ3) is 19.3. The molecule has 0 radical (unpaired) electrons. The smallest absolute Gasteiger partial charge is 0.397 e. The molecule has 0 amide bonds. The summed E-state index contributed by atoms with van der Waals surface area (Å²) in [4.78, 5) is 12.3. The van der Waals surface area contributed by atoms with E-state index < -0.39 is 59.8 Å². The average Bonchev–Trinajstić information content (AvgIpc) is 2.96. The average molecular weight is 643 g/mol. The lowest BCUT2D eigenvalue weighted by atomic mass is 9.99. The molecule has 43 heavy (non-hydrogen) atoms. The molecule has 256 valence electrons. The number of rotatable bonds is 27. The largest absolute Gasteiger partial charge is 0.457 e. The summed E-state index contributed by atoms with van der Waals surface area (Å²) in [5, 5.41) is 30.1. The minimum absolute atomic E-state index is 0.0378. The number of aliphatic hydroxyl groups is 3. The van der Waals surface area contributed by atoms with Gasteiger partial charge in [0.05, 0.1) is 19.8 Å². The summed E-state index contributed by atoms with van der Waals surface area (Å²) in [6, 6.07) is 0. The van der Waals surface area contributed by atoms with Gasteiger partial charge in [0.1, 0.15) is 30.5 Å². The van der Waals surface area contributed by atoms with Gasteiger partial charge in [-0.05, 0) is 12.8 Å². The molecule has 0 aromatic rings. The third-order valence-corrected chi connectivity index (χ3v) is 7.94. The van der Waals surface area contributed by atoms with Crippen molar-refractivity contribution in [2.24, 2.45) is 0 Å². The van der Waals surface area contributed by atoms with Crippen LogP contribution in [0.5, 0.6) is 0 Å². The van der Waals surface area contributed by atoms with Gasteiger partial charge in [-0.25, -0.2) is 4.18 Å². The second-order valence-corrected chi connectivity index (χ2v) is 12.5. The first-order chi connectivity index (χ1) is 20.6. The molecule has 12 nitrogen and oxygen atoms in total. The molecule has 0 spiro atoms. The molecule has 6 atom stereocenters. The molecule has 0 aliphatic carbocycles. The predicted molar refractivity (Wildman–Crippen MR) is 161 cm³/mol. The van der Waals surface area contributed by atoms with Crippen LogP contribution in [0.3, 0.4) is 0 Å². The Kier molecular flexibility index (Phi) is 22.7. The Morgan fingerprint density at radius 3 is 1.84 bits per heavy atom. The standard InChI is InChI=1S/C30H58O12S/c1-3-5-7-8-9-10-11-12-13-14-15-16-17-18-20-38-22-24(40-26(32)19-6-4-2)23-39-30-28(34)29(42-43(35,36)37)27(33)25(21-31)41-30/h24-25,27-31,33-34H,3-23H2,1-2H3,(H,35,36,37). The number of carbonyl (C=O) groups excluding carboxylic acids is 1. The molecule has 1 rings (SSSR count). The van der Waals surface area contributed by atoms with Crippen LogP contribution >= 0.6 is 0 Å². The van der Waals surface area contributed by atoms with Gasteiger partial charge in [-0.3, -0.25) is 9.35 Å². The number of carbonyl (C=O) groups is 1. The first kappa shape index (κ1) is 40.1. The molecule has 0 saturated carbocycles. The highest BCUT2D eigenvalue weighted by atomic mass is 32.3. The van der Waals surface area contributed by atoms with E-state index in [1.54, 1.807) is 0 Å². The van der Waals surface area contributed by atoms with Gasteiger partial charge in [0.15, 0.2) is 6.29 Å². The van der Waals surface area contributed by atoms with Crippen LogP contribution in [0, 0.1) is 0 Å². The number of unbranched alkanes of at least 4 members (excludes halogenated alkanes) is 14. The van der Waals surface area contributed by atoms with Crippen molar-refractivity contribution in [1.82, 2.24) is 0 Å². The van der Waals surface area contributed by atoms with Crippen LogP contribution < -0.4 is 0 Å². The summed E-state index contributed by atoms with van der Waals surface area (Å²) in [6.45, 7) is 3.70. The van der Waals surface area contributed by atoms with Crippen LogP contribution in [-0.2, 0) is 38.3 Å². The molecule has 1 heterocycles. The molecule has 0 bridgehead atoms. The van der Waals surface area contributed by atoms with E-state index in [0.717, 1.165) is 25.7 Å². The van der Waals surface area contributed by atoms with Crippen molar-refractivity contribution in [3.8, 4) is 0 Å². The van der Waals surface area contributed by atoms with E-state index in [9.17, 15) is 28.5 Å². The van der Waals surface area contributed by atoms with E-state index in [-0.39, 0.29) is 19.6 Å². The molecular formula is C30H58O12S. The van der Waals surface area contributed by atoms with E-state index in [1.807, 2.05) is 6.92 Å². The molecule has 1 saturated heterocycles. The maximum absolute atomic E-state index is 12.3. The number of hydrogen-bond donors (Lipinski definition) is 4. The highest BCUT2D eigenvalue weighted by molar-refractivity contribution is 7.80. The van der Waals surface area contributed by atoms with E-state index in [2.05, 4.69) is 11.1 Å². The van der Waals surface area contributed by atoms with Crippen LogP contribution in [0.4, 0.5) is 0 Å². The number of ether oxygens (including phenoxy) is 4. The van der Waals surface area contributed by atoms with Crippen molar-refractivity contribution >= 4 is 16.4 Å². The second-order valence-electron chi connectivity index (χ2n) is 11.4. The minimum Gasteiger partial charge on any atom is -0.457 e. The lowest BCUT2D eigenvalue weighted by molar-refractivity contribution is -0.301. The van der Waals surface area contributed by atoms with Crippen molar-refractivity contribution in [2.75, 3.05) is 26.4 Å². The highest BCUT2D eigenvalue weighted by Crippen LogP contribution is 2.26. The summed E-state index contributed by atoms with van der Waals surface area (Å²) in [5.74, 6) is -0.433. The van der Waals surface area contributed by atoms with Crippen molar-refractivity contribution in [3.05, 3.63) is 0 Å². The summed E-state index contributed by atoms with van der Waals surface area (Å²) in [5.41, 5.74) is 0. The lowest BCUT2D eigenvalue weighted by Gasteiger charge is -2.41. The quantitative estimate of drug-likeness (QED) is 0.0570. The third-order valence-electron chi connectivity index (χ3n) is 7.48. The minimum atomic E-state index is -5.04. The molecule has 1 aliphatic rings. The molecule has 13 heteroatoms. The monoisotopic (exact) mass is 642 g/mol. The van der Waals surface area contributed by atoms with Crippen LogP contribution in [0.1, 0.15) is 123 Å². The Hall–Kier alpha value is -0.900. The van der Waals surface area contributed by atoms with Gasteiger partial charge in [-0.15, -0.1) is 0 Å². The van der Waals surface area contributed by atoms with Crippen molar-refractivity contribution in [3.63, 3.8) is 0 Å². The maximum atomic E-state index is 12.3. The lowest BCUT2D eigenvalue weighted by Crippen LogP contribution is -2.60. The zero-order valence-electron chi connectivity index (χ0n) is 26.3. The van der Waals surface area contributed by atoms with E-state index >= 15 is 0 Å². The Morgan fingerprint density at radius 2 is 1.33 bits per heavy atom. The van der Waals surface area contributed by atoms with Crippen molar-refractivity contribution < 1.29 is 56.2 Å². The van der Waals surface area contributed by atoms with Gasteiger partial charge in [0, 0.05) is 13.0 Å². The fourth-order valence-corrected chi connectivity index (χ4v) is 5.45. The van der Waals surface area contributed by atoms with Crippen LogP contribution in [0.2, 0.25) is 0 Å². The van der Waals surface area contributed by atoms with Gasteiger partial charge in [-0.2, -0.15) is 8.42 Å². The number of aliphatic hydroxyl groups excluding tert-OH is 3. The summed E-state index contributed by atoms with van der Waals surface area (Å²) >= 11 is 0. The number of hydrogen-bond acceptors (Lipinski definition) is 11. The Bertz CT molecular complexity index is 796. The van der Waals surface area contributed by atoms with Crippen molar-refractivity contribution in [1.29, 1.82) is 0 Å². The van der Waals surface area contributed by atoms with E-state index in [1.165, 1.54) is 70.6 Å². The second kappa shape index (κ2) is 24.3. The summed E-state index contributed by atoms with van der Waals surface area (Å²) < 4.78 is 57.9.